The third-order valence-corrected chi connectivity index (χ3v) is 6.33. The number of hydrogen-bond acceptors (Lipinski definition) is 7. The van der Waals surface area contributed by atoms with E-state index in [1.807, 2.05) is 6.07 Å². The standard InChI is InChI=1S/C21H23F3N4O2S/c1-11(12-6-13(21(22,23)24)8-14(25)7-12)28-19-17-9-18(31-20(17)27-10-26-19)30-16-4-2-15(29)3-5-16/h6-11,15-16,29H,2-5,25H2,1H3,(H,26,27,28)/t11-,15?,16?/m1/s1. The molecule has 31 heavy (non-hydrogen) atoms. The monoisotopic (exact) mass is 452 g/mol. The lowest BCUT2D eigenvalue weighted by Gasteiger charge is -2.25. The molecule has 2 heterocycles. The Hall–Kier alpha value is -2.59. The fourth-order valence-electron chi connectivity index (χ4n) is 3.71. The van der Waals surface area contributed by atoms with Gasteiger partial charge < -0.3 is 20.9 Å². The van der Waals surface area contributed by atoms with E-state index in [1.54, 1.807) is 6.92 Å². The van der Waals surface area contributed by atoms with E-state index >= 15 is 0 Å². The molecule has 2 aromatic heterocycles. The molecule has 1 saturated carbocycles. The maximum atomic E-state index is 13.1. The Kier molecular flexibility index (Phi) is 5.94. The van der Waals surface area contributed by atoms with E-state index < -0.39 is 17.8 Å². The van der Waals surface area contributed by atoms with Crippen LogP contribution in [0.15, 0.2) is 30.6 Å². The Labute approximate surface area is 181 Å². The van der Waals surface area contributed by atoms with Crippen molar-refractivity contribution in [2.75, 3.05) is 11.1 Å². The van der Waals surface area contributed by atoms with Gasteiger partial charge in [-0.3, -0.25) is 0 Å². The van der Waals surface area contributed by atoms with Crippen LogP contribution >= 0.6 is 11.3 Å². The summed E-state index contributed by atoms with van der Waals surface area (Å²) in [5, 5.41) is 14.3. The Morgan fingerprint density at radius 1 is 1.16 bits per heavy atom. The first-order valence-corrected chi connectivity index (χ1v) is 10.8. The molecule has 1 fully saturated rings. The molecule has 10 heteroatoms. The third-order valence-electron chi connectivity index (χ3n) is 5.39. The van der Waals surface area contributed by atoms with Crippen molar-refractivity contribution in [1.29, 1.82) is 0 Å². The molecular formula is C21H23F3N4O2S. The zero-order valence-corrected chi connectivity index (χ0v) is 17.6. The van der Waals surface area contributed by atoms with Gasteiger partial charge in [0.25, 0.3) is 0 Å². The summed E-state index contributed by atoms with van der Waals surface area (Å²) in [5.41, 5.74) is 5.37. The van der Waals surface area contributed by atoms with E-state index in [0.717, 1.165) is 48.0 Å². The van der Waals surface area contributed by atoms with E-state index in [1.165, 1.54) is 23.7 Å². The first kappa shape index (κ1) is 21.6. The van der Waals surface area contributed by atoms with Crippen molar-refractivity contribution in [1.82, 2.24) is 9.97 Å². The van der Waals surface area contributed by atoms with Crippen molar-refractivity contribution >= 4 is 33.1 Å². The number of nitrogens with two attached hydrogens (primary N) is 1. The van der Waals surface area contributed by atoms with Crippen LogP contribution < -0.4 is 15.8 Å². The maximum Gasteiger partial charge on any atom is 0.416 e. The molecule has 1 atom stereocenters. The molecule has 0 spiro atoms. The van der Waals surface area contributed by atoms with Crippen LogP contribution in [-0.2, 0) is 6.18 Å². The number of benzene rings is 1. The molecule has 166 valence electrons. The molecule has 1 aliphatic carbocycles. The minimum Gasteiger partial charge on any atom is -0.481 e. The summed E-state index contributed by atoms with van der Waals surface area (Å²) in [6.07, 6.45) is -0.237. The van der Waals surface area contributed by atoms with Gasteiger partial charge in [0.05, 0.1) is 29.2 Å². The largest absolute Gasteiger partial charge is 0.481 e. The SMILES string of the molecule is C[C@@H](Nc1ncnc2sc(OC3CCC(O)CC3)cc12)c1cc(N)cc(C(F)(F)F)c1. The van der Waals surface area contributed by atoms with E-state index in [-0.39, 0.29) is 17.9 Å². The topological polar surface area (TPSA) is 93.3 Å². The zero-order chi connectivity index (χ0) is 22.2. The minimum absolute atomic E-state index is 0.0489. The Morgan fingerprint density at radius 2 is 1.90 bits per heavy atom. The summed E-state index contributed by atoms with van der Waals surface area (Å²) in [7, 11) is 0. The minimum atomic E-state index is -4.47. The number of halogens is 3. The van der Waals surface area contributed by atoms with Gasteiger partial charge in [0.15, 0.2) is 5.06 Å². The first-order chi connectivity index (χ1) is 14.7. The summed E-state index contributed by atoms with van der Waals surface area (Å²) in [6, 6.07) is 4.91. The number of nitrogen functional groups attached to an aromatic ring is 1. The number of alkyl halides is 3. The molecule has 4 N–H and O–H groups in total. The molecule has 0 radical (unpaired) electrons. The highest BCUT2D eigenvalue weighted by molar-refractivity contribution is 7.20. The van der Waals surface area contributed by atoms with Crippen LogP contribution in [0.4, 0.5) is 24.7 Å². The lowest BCUT2D eigenvalue weighted by Crippen LogP contribution is -2.26. The van der Waals surface area contributed by atoms with Gasteiger partial charge in [-0.25, -0.2) is 9.97 Å². The second kappa shape index (κ2) is 8.51. The number of aliphatic hydroxyl groups excluding tert-OH is 1. The van der Waals surface area contributed by atoms with Crippen LogP contribution in [0.2, 0.25) is 0 Å². The summed E-state index contributed by atoms with van der Waals surface area (Å²) in [5.74, 6) is 0.513. The van der Waals surface area contributed by atoms with Crippen LogP contribution in [0.1, 0.15) is 49.8 Å². The second-order valence-electron chi connectivity index (χ2n) is 7.81. The Bertz CT molecular complexity index is 1060. The number of nitrogens with one attached hydrogen (secondary N) is 1. The highest BCUT2D eigenvalue weighted by Gasteiger charge is 2.31. The van der Waals surface area contributed by atoms with Crippen molar-refractivity contribution in [3.8, 4) is 5.06 Å². The summed E-state index contributed by atoms with van der Waals surface area (Å²) < 4.78 is 45.5. The molecule has 3 aromatic rings. The fraction of sp³-hybridized carbons (Fsp3) is 0.429. The van der Waals surface area contributed by atoms with Gasteiger partial charge in [-0.15, -0.1) is 0 Å². The molecular weight excluding hydrogens is 429 g/mol. The average molecular weight is 453 g/mol. The van der Waals surface area contributed by atoms with E-state index in [9.17, 15) is 18.3 Å². The molecule has 0 saturated heterocycles. The van der Waals surface area contributed by atoms with E-state index in [4.69, 9.17) is 10.5 Å². The second-order valence-corrected chi connectivity index (χ2v) is 8.80. The zero-order valence-electron chi connectivity index (χ0n) is 16.8. The predicted molar refractivity (Wildman–Crippen MR) is 114 cm³/mol. The number of rotatable bonds is 5. The number of fused-ring (bicyclic) bond motifs is 1. The van der Waals surface area contributed by atoms with E-state index in [2.05, 4.69) is 15.3 Å². The molecule has 4 rings (SSSR count). The maximum absolute atomic E-state index is 13.1. The Morgan fingerprint density at radius 3 is 2.61 bits per heavy atom. The van der Waals surface area contributed by atoms with Crippen LogP contribution in [0.3, 0.4) is 0 Å². The normalized spacial score (nSPS) is 20.5. The number of aromatic nitrogens is 2. The smallest absolute Gasteiger partial charge is 0.416 e. The van der Waals surface area contributed by atoms with Gasteiger partial charge >= 0.3 is 6.18 Å². The van der Waals surface area contributed by atoms with Crippen LogP contribution in [-0.4, -0.2) is 27.3 Å². The summed E-state index contributed by atoms with van der Waals surface area (Å²) >= 11 is 1.39. The van der Waals surface area contributed by atoms with Gasteiger partial charge in [0.1, 0.15) is 17.0 Å². The molecule has 0 unspecified atom stereocenters. The van der Waals surface area contributed by atoms with Crippen LogP contribution in [0.5, 0.6) is 5.06 Å². The van der Waals surface area contributed by atoms with Crippen molar-refractivity contribution in [3.63, 3.8) is 0 Å². The summed E-state index contributed by atoms with van der Waals surface area (Å²) in [4.78, 5) is 9.29. The van der Waals surface area contributed by atoms with Gasteiger partial charge in [0, 0.05) is 11.8 Å². The molecule has 0 amide bonds. The van der Waals surface area contributed by atoms with Gasteiger partial charge in [-0.05, 0) is 56.4 Å². The number of nitrogens with zero attached hydrogens (tertiary/aromatic N) is 2. The molecule has 0 aliphatic heterocycles. The fourth-order valence-corrected chi connectivity index (χ4v) is 4.63. The van der Waals surface area contributed by atoms with Crippen molar-refractivity contribution in [2.45, 2.75) is 57.0 Å². The lowest BCUT2D eigenvalue weighted by atomic mass is 9.95. The highest BCUT2D eigenvalue weighted by atomic mass is 32.1. The van der Waals surface area contributed by atoms with Crippen molar-refractivity contribution in [2.24, 2.45) is 0 Å². The highest BCUT2D eigenvalue weighted by Crippen LogP contribution is 2.37. The van der Waals surface area contributed by atoms with Gasteiger partial charge in [0.2, 0.25) is 0 Å². The number of anilines is 2. The number of thiophene rings is 1. The van der Waals surface area contributed by atoms with E-state index in [0.29, 0.717) is 16.4 Å². The van der Waals surface area contributed by atoms with Gasteiger partial charge in [-0.2, -0.15) is 13.2 Å². The molecule has 6 nitrogen and oxygen atoms in total. The molecule has 1 aliphatic rings. The van der Waals surface area contributed by atoms with Crippen molar-refractivity contribution < 1.29 is 23.0 Å². The van der Waals surface area contributed by atoms with Crippen LogP contribution in [0.25, 0.3) is 10.2 Å². The number of ether oxygens (including phenoxy) is 1. The predicted octanol–water partition coefficient (Wildman–Crippen LogP) is 5.15. The molecule has 0 bridgehead atoms. The Balaban J connectivity index is 1.55. The number of aliphatic hydroxyl groups is 1. The quantitative estimate of drug-likeness (QED) is 0.464. The molecule has 1 aromatic carbocycles. The first-order valence-electron chi connectivity index (χ1n) is 10.0. The average Bonchev–Trinajstić information content (AvgIpc) is 3.12. The van der Waals surface area contributed by atoms with Gasteiger partial charge in [-0.1, -0.05) is 11.3 Å². The summed E-state index contributed by atoms with van der Waals surface area (Å²) in [6.45, 7) is 1.75. The number of hydrogen-bond donors (Lipinski definition) is 3. The van der Waals surface area contributed by atoms with Crippen LogP contribution in [0, 0.1) is 0 Å². The van der Waals surface area contributed by atoms with Crippen molar-refractivity contribution in [3.05, 3.63) is 41.7 Å². The third kappa shape index (κ3) is 5.01. The lowest BCUT2D eigenvalue weighted by molar-refractivity contribution is -0.137.